The highest BCUT2D eigenvalue weighted by Gasteiger charge is 2.25. The quantitative estimate of drug-likeness (QED) is 0.136. The molecule has 7 nitrogen and oxygen atoms in total. The predicted octanol–water partition coefficient (Wildman–Crippen LogP) is 7.20. The van der Waals surface area contributed by atoms with E-state index < -0.39 is 7.60 Å². The molecule has 0 fully saturated rings. The number of halogens is 1. The summed E-state index contributed by atoms with van der Waals surface area (Å²) < 4.78 is 39.5. The molecule has 0 saturated heterocycles. The molecule has 0 bridgehead atoms. The number of carbonyl (C=O) groups excluding carboxylic acids is 1. The van der Waals surface area contributed by atoms with Crippen molar-refractivity contribution in [2.75, 3.05) is 18.5 Å². The number of nitrogens with zero attached hydrogens (tertiary/aromatic N) is 2. The summed E-state index contributed by atoms with van der Waals surface area (Å²) in [7, 11) is -1.45. The highest BCUT2D eigenvalue weighted by molar-refractivity contribution is 7.53. The molecule has 0 aliphatic carbocycles. The van der Waals surface area contributed by atoms with Crippen LogP contribution in [0, 0.1) is 5.82 Å². The van der Waals surface area contributed by atoms with Gasteiger partial charge in [0, 0.05) is 29.9 Å². The molecule has 1 N–H and O–H groups in total. The van der Waals surface area contributed by atoms with E-state index in [-0.39, 0.29) is 17.9 Å². The van der Waals surface area contributed by atoms with Crippen molar-refractivity contribution in [3.63, 3.8) is 0 Å². The number of hydrogen-bond donors (Lipinski definition) is 1. The molecule has 0 atom stereocenters. The lowest BCUT2D eigenvalue weighted by Crippen LogP contribution is -2.08. The predicted molar refractivity (Wildman–Crippen MR) is 146 cm³/mol. The molecule has 0 saturated carbocycles. The number of aryl methyl sites for hydroxylation is 1. The van der Waals surface area contributed by atoms with Gasteiger partial charge in [-0.05, 0) is 60.9 Å². The molecule has 3 rings (SSSR count). The van der Waals surface area contributed by atoms with E-state index in [1.807, 2.05) is 12.1 Å². The van der Waals surface area contributed by atoms with Crippen molar-refractivity contribution in [1.29, 1.82) is 0 Å². The van der Waals surface area contributed by atoms with Crippen LogP contribution in [-0.4, -0.2) is 28.9 Å². The Labute approximate surface area is 218 Å². The lowest BCUT2D eigenvalue weighted by Gasteiger charge is -2.19. The standard InChI is InChI=1S/C28H35FN3O4P/c1-4-6-18-35-37(34,36-19-7-5-2)21-22-8-15-26(16-9-22)31-27(33)17-12-24-20-30-32(3)28(24)23-10-13-25(29)14-11-23/h8-17,20H,4-7,18-19,21H2,1-3H3,(H,31,33). The van der Waals surface area contributed by atoms with E-state index in [1.165, 1.54) is 18.2 Å². The van der Waals surface area contributed by atoms with Crippen molar-refractivity contribution in [2.45, 2.75) is 45.7 Å². The van der Waals surface area contributed by atoms with Crippen LogP contribution in [-0.2, 0) is 31.6 Å². The molecule has 9 heteroatoms. The van der Waals surface area contributed by atoms with Gasteiger partial charge in [-0.3, -0.25) is 14.0 Å². The number of amides is 1. The maximum atomic E-state index is 13.3. The molecule has 3 aromatic rings. The Bertz CT molecular complexity index is 1210. The zero-order valence-electron chi connectivity index (χ0n) is 21.7. The van der Waals surface area contributed by atoms with Gasteiger partial charge < -0.3 is 14.4 Å². The van der Waals surface area contributed by atoms with E-state index in [0.29, 0.717) is 18.9 Å². The summed E-state index contributed by atoms with van der Waals surface area (Å²) in [6.45, 7) is 4.91. The van der Waals surface area contributed by atoms with Gasteiger partial charge in [-0.25, -0.2) is 4.39 Å². The van der Waals surface area contributed by atoms with Crippen molar-refractivity contribution in [3.8, 4) is 11.3 Å². The summed E-state index contributed by atoms with van der Waals surface area (Å²) in [6, 6.07) is 13.3. The van der Waals surface area contributed by atoms with E-state index in [0.717, 1.165) is 48.1 Å². The second kappa shape index (κ2) is 14.0. The fourth-order valence-corrected chi connectivity index (χ4v) is 5.36. The number of anilines is 1. The summed E-state index contributed by atoms with van der Waals surface area (Å²) in [6.07, 6.45) is 8.48. The largest absolute Gasteiger partial charge is 0.335 e. The smallest absolute Gasteiger partial charge is 0.323 e. The van der Waals surface area contributed by atoms with E-state index >= 15 is 0 Å². The normalized spacial score (nSPS) is 11.8. The molecular formula is C28H35FN3O4P. The van der Waals surface area contributed by atoms with Crippen LogP contribution in [0.25, 0.3) is 17.3 Å². The highest BCUT2D eigenvalue weighted by atomic mass is 31.2. The Morgan fingerprint density at radius 1 is 1.03 bits per heavy atom. The van der Waals surface area contributed by atoms with Crippen LogP contribution in [0.5, 0.6) is 0 Å². The number of nitrogens with one attached hydrogen (secondary N) is 1. The molecule has 0 aliphatic heterocycles. The van der Waals surface area contributed by atoms with Crippen LogP contribution in [0.1, 0.15) is 50.7 Å². The molecule has 37 heavy (non-hydrogen) atoms. The highest BCUT2D eigenvalue weighted by Crippen LogP contribution is 2.51. The average Bonchev–Trinajstić information content (AvgIpc) is 3.25. The van der Waals surface area contributed by atoms with Crippen LogP contribution in [0.3, 0.4) is 0 Å². The first-order chi connectivity index (χ1) is 17.8. The number of rotatable bonds is 14. The molecule has 198 valence electrons. The van der Waals surface area contributed by atoms with Gasteiger partial charge in [-0.15, -0.1) is 0 Å². The lowest BCUT2D eigenvalue weighted by atomic mass is 10.1. The maximum absolute atomic E-state index is 13.3. The molecule has 1 heterocycles. The molecule has 0 aliphatic rings. The van der Waals surface area contributed by atoms with Crippen molar-refractivity contribution < 1.29 is 22.8 Å². The van der Waals surface area contributed by atoms with E-state index in [2.05, 4.69) is 24.3 Å². The summed E-state index contributed by atoms with van der Waals surface area (Å²) in [5.41, 5.74) is 3.73. The molecule has 0 unspecified atom stereocenters. The van der Waals surface area contributed by atoms with Gasteiger partial charge >= 0.3 is 7.60 Å². The summed E-state index contributed by atoms with van der Waals surface area (Å²) in [5.74, 6) is -0.623. The van der Waals surface area contributed by atoms with Gasteiger partial charge in [0.25, 0.3) is 0 Å². The molecule has 2 aromatic carbocycles. The summed E-state index contributed by atoms with van der Waals surface area (Å²) in [5, 5.41) is 7.08. The summed E-state index contributed by atoms with van der Waals surface area (Å²) in [4.78, 5) is 12.5. The lowest BCUT2D eigenvalue weighted by molar-refractivity contribution is -0.111. The van der Waals surface area contributed by atoms with Gasteiger partial charge in [0.2, 0.25) is 5.91 Å². The van der Waals surface area contributed by atoms with Crippen LogP contribution in [0.4, 0.5) is 10.1 Å². The minimum atomic E-state index is -3.25. The van der Waals surface area contributed by atoms with E-state index in [9.17, 15) is 13.8 Å². The fraction of sp³-hybridized carbons (Fsp3) is 0.357. The van der Waals surface area contributed by atoms with Crippen molar-refractivity contribution in [3.05, 3.63) is 77.7 Å². The fourth-order valence-electron chi connectivity index (χ4n) is 3.63. The SMILES string of the molecule is CCCCOP(=O)(Cc1ccc(NC(=O)C=Cc2cnn(C)c2-c2ccc(F)cc2)cc1)OCCCC. The molecule has 0 radical (unpaired) electrons. The zero-order chi connectivity index (χ0) is 26.7. The number of aromatic nitrogens is 2. The molecular weight excluding hydrogens is 492 g/mol. The van der Waals surface area contributed by atoms with Gasteiger partial charge in [0.05, 0.1) is 31.3 Å². The third-order valence-electron chi connectivity index (χ3n) is 5.67. The topological polar surface area (TPSA) is 82.5 Å². The first kappa shape index (κ1) is 28.5. The Balaban J connectivity index is 1.62. The van der Waals surface area contributed by atoms with Crippen LogP contribution >= 0.6 is 7.60 Å². The molecule has 0 spiro atoms. The zero-order valence-corrected chi connectivity index (χ0v) is 22.5. The molecule has 1 aromatic heterocycles. The Kier molecular flexibility index (Phi) is 10.8. The van der Waals surface area contributed by atoms with E-state index in [1.54, 1.807) is 48.3 Å². The average molecular weight is 528 g/mol. The molecule has 1 amide bonds. The number of hydrogen-bond acceptors (Lipinski definition) is 5. The minimum absolute atomic E-state index is 0.182. The van der Waals surface area contributed by atoms with Crippen molar-refractivity contribution in [1.82, 2.24) is 9.78 Å². The summed E-state index contributed by atoms with van der Waals surface area (Å²) >= 11 is 0. The second-order valence-corrected chi connectivity index (χ2v) is 10.8. The Hall–Kier alpha value is -3.06. The third-order valence-corrected chi connectivity index (χ3v) is 7.57. The third kappa shape index (κ3) is 8.78. The van der Waals surface area contributed by atoms with Crippen LogP contribution < -0.4 is 5.32 Å². The van der Waals surface area contributed by atoms with E-state index in [4.69, 9.17) is 9.05 Å². The van der Waals surface area contributed by atoms with Gasteiger partial charge in [0.1, 0.15) is 5.82 Å². The minimum Gasteiger partial charge on any atom is -0.323 e. The Morgan fingerprint density at radius 2 is 1.65 bits per heavy atom. The van der Waals surface area contributed by atoms with Crippen LogP contribution in [0.15, 0.2) is 60.8 Å². The van der Waals surface area contributed by atoms with Crippen molar-refractivity contribution >= 4 is 25.3 Å². The number of carbonyl (C=O) groups is 1. The number of unbranched alkanes of at least 4 members (excludes halogenated alkanes) is 2. The first-order valence-electron chi connectivity index (χ1n) is 12.6. The Morgan fingerprint density at radius 3 is 2.24 bits per heavy atom. The van der Waals surface area contributed by atoms with Crippen molar-refractivity contribution in [2.24, 2.45) is 7.05 Å². The number of benzene rings is 2. The maximum Gasteiger partial charge on any atom is 0.335 e. The first-order valence-corrected chi connectivity index (χ1v) is 14.3. The van der Waals surface area contributed by atoms with Gasteiger partial charge in [-0.2, -0.15) is 5.10 Å². The monoisotopic (exact) mass is 527 g/mol. The van der Waals surface area contributed by atoms with Gasteiger partial charge in [-0.1, -0.05) is 38.8 Å². The second-order valence-electron chi connectivity index (χ2n) is 8.74. The van der Waals surface area contributed by atoms with Crippen LogP contribution in [0.2, 0.25) is 0 Å². The van der Waals surface area contributed by atoms with Gasteiger partial charge in [0.15, 0.2) is 0 Å².